The van der Waals surface area contributed by atoms with Gasteiger partial charge in [-0.3, -0.25) is 9.59 Å². The first kappa shape index (κ1) is 18.8. The zero-order chi connectivity index (χ0) is 18.1. The molecule has 2 aromatic rings. The summed E-state index contributed by atoms with van der Waals surface area (Å²) in [6, 6.07) is 12.8. The van der Waals surface area contributed by atoms with Crippen molar-refractivity contribution in [2.24, 2.45) is 0 Å². The monoisotopic (exact) mass is 342 g/mol. The molecule has 0 radical (unpaired) electrons. The Morgan fingerprint density at radius 1 is 1.20 bits per heavy atom. The van der Waals surface area contributed by atoms with E-state index in [-0.39, 0.29) is 23.9 Å². The largest absolute Gasteiger partial charge is 0.497 e. The highest BCUT2D eigenvalue weighted by Gasteiger charge is 2.14. The van der Waals surface area contributed by atoms with E-state index in [1.807, 2.05) is 24.3 Å². The molecule has 1 heterocycles. The Bertz CT molecular complexity index is 722. The van der Waals surface area contributed by atoms with Crippen LogP contribution in [0.25, 0.3) is 0 Å². The predicted octanol–water partition coefficient (Wildman–Crippen LogP) is 3.29. The van der Waals surface area contributed by atoms with E-state index in [2.05, 4.69) is 12.2 Å². The Hall–Kier alpha value is -2.56. The third-order valence-electron chi connectivity index (χ3n) is 4.18. The number of amides is 1. The summed E-state index contributed by atoms with van der Waals surface area (Å²) < 4.78 is 6.74. The third-order valence-corrected chi connectivity index (χ3v) is 4.18. The topological polar surface area (TPSA) is 60.3 Å². The molecule has 1 unspecified atom stereocenters. The van der Waals surface area contributed by atoms with Gasteiger partial charge in [0.05, 0.1) is 13.2 Å². The first-order valence-corrected chi connectivity index (χ1v) is 8.72. The van der Waals surface area contributed by atoms with Crippen molar-refractivity contribution in [3.63, 3.8) is 0 Å². The fraction of sp³-hybridized carbons (Fsp3) is 0.400. The molecule has 5 heteroatoms. The minimum atomic E-state index is -0.0898. The van der Waals surface area contributed by atoms with Crippen molar-refractivity contribution >= 4 is 5.91 Å². The highest BCUT2D eigenvalue weighted by atomic mass is 16.5. The lowest BCUT2D eigenvalue weighted by Gasteiger charge is -2.19. The molecule has 5 nitrogen and oxygen atoms in total. The molecule has 134 valence electrons. The van der Waals surface area contributed by atoms with Crippen LogP contribution in [0.5, 0.6) is 5.75 Å². The van der Waals surface area contributed by atoms with Gasteiger partial charge in [-0.15, -0.1) is 0 Å². The van der Waals surface area contributed by atoms with E-state index in [0.29, 0.717) is 6.54 Å². The maximum Gasteiger partial charge on any atom is 0.250 e. The number of ether oxygens (including phenoxy) is 1. The fourth-order valence-corrected chi connectivity index (χ4v) is 2.70. The van der Waals surface area contributed by atoms with Crippen LogP contribution in [-0.4, -0.2) is 17.6 Å². The summed E-state index contributed by atoms with van der Waals surface area (Å²) in [4.78, 5) is 24.0. The summed E-state index contributed by atoms with van der Waals surface area (Å²) in [7, 11) is 1.64. The Balaban J connectivity index is 1.98. The average Bonchev–Trinajstić information content (AvgIpc) is 2.64. The maximum atomic E-state index is 12.3. The number of methoxy groups -OCH3 is 1. The Kier molecular flexibility index (Phi) is 7.26. The summed E-state index contributed by atoms with van der Waals surface area (Å²) in [6.07, 6.45) is 4.98. The van der Waals surface area contributed by atoms with Gasteiger partial charge in [-0.05, 0) is 30.2 Å². The zero-order valence-corrected chi connectivity index (χ0v) is 14.9. The van der Waals surface area contributed by atoms with Crippen molar-refractivity contribution < 1.29 is 9.53 Å². The second-order valence-electron chi connectivity index (χ2n) is 6.02. The van der Waals surface area contributed by atoms with Crippen molar-refractivity contribution in [2.75, 3.05) is 7.11 Å². The number of carbonyl (C=O) groups is 1. The van der Waals surface area contributed by atoms with Gasteiger partial charge in [0, 0.05) is 25.2 Å². The average molecular weight is 342 g/mol. The van der Waals surface area contributed by atoms with Crippen LogP contribution in [-0.2, 0) is 11.3 Å². The van der Waals surface area contributed by atoms with Crippen molar-refractivity contribution in [1.29, 1.82) is 0 Å². The smallest absolute Gasteiger partial charge is 0.250 e. The van der Waals surface area contributed by atoms with E-state index in [1.165, 1.54) is 6.07 Å². The number of rotatable bonds is 9. The van der Waals surface area contributed by atoms with Crippen molar-refractivity contribution in [2.45, 2.75) is 45.2 Å². The highest BCUT2D eigenvalue weighted by Crippen LogP contribution is 2.22. The van der Waals surface area contributed by atoms with Gasteiger partial charge in [0.15, 0.2) is 0 Å². The fourth-order valence-electron chi connectivity index (χ4n) is 2.70. The SMILES string of the molecule is CCCCC(NC(=O)CCn1ccccc1=O)c1ccc(OC)cc1. The van der Waals surface area contributed by atoms with Crippen molar-refractivity contribution in [1.82, 2.24) is 9.88 Å². The number of hydrogen-bond donors (Lipinski definition) is 1. The number of aromatic nitrogens is 1. The standard InChI is InChI=1S/C20H26N2O3/c1-3-4-7-18(16-9-11-17(25-2)12-10-16)21-19(23)13-15-22-14-6-5-8-20(22)24/h5-6,8-12,14,18H,3-4,7,13,15H2,1-2H3,(H,21,23). The second kappa shape index (κ2) is 9.67. The maximum absolute atomic E-state index is 12.3. The van der Waals surface area contributed by atoms with E-state index in [1.54, 1.807) is 30.0 Å². The van der Waals surface area contributed by atoms with Gasteiger partial charge < -0.3 is 14.6 Å². The molecule has 2 rings (SSSR count). The van der Waals surface area contributed by atoms with Crippen LogP contribution in [0.2, 0.25) is 0 Å². The minimum Gasteiger partial charge on any atom is -0.497 e. The zero-order valence-electron chi connectivity index (χ0n) is 14.9. The lowest BCUT2D eigenvalue weighted by molar-refractivity contribution is -0.122. The summed E-state index contributed by atoms with van der Waals surface area (Å²) >= 11 is 0. The molecular weight excluding hydrogens is 316 g/mol. The van der Waals surface area contributed by atoms with E-state index in [0.717, 1.165) is 30.6 Å². The lowest BCUT2D eigenvalue weighted by atomic mass is 10.0. The third kappa shape index (κ3) is 5.78. The van der Waals surface area contributed by atoms with Gasteiger partial charge in [-0.1, -0.05) is 38.0 Å². The van der Waals surface area contributed by atoms with Crippen LogP contribution in [0.1, 0.15) is 44.2 Å². The van der Waals surface area contributed by atoms with Crippen molar-refractivity contribution in [3.05, 3.63) is 64.6 Å². The molecule has 1 atom stereocenters. The molecule has 1 aromatic carbocycles. The van der Waals surface area contributed by atoms with Crippen molar-refractivity contribution in [3.8, 4) is 5.75 Å². The van der Waals surface area contributed by atoms with Gasteiger partial charge in [-0.25, -0.2) is 0 Å². The summed E-state index contributed by atoms with van der Waals surface area (Å²) in [5.41, 5.74) is 0.979. The van der Waals surface area contributed by atoms with E-state index >= 15 is 0 Å². The number of nitrogens with zero attached hydrogens (tertiary/aromatic N) is 1. The molecule has 0 spiro atoms. The normalized spacial score (nSPS) is 11.8. The van der Waals surface area contributed by atoms with Gasteiger partial charge in [0.2, 0.25) is 5.91 Å². The molecule has 25 heavy (non-hydrogen) atoms. The van der Waals surface area contributed by atoms with E-state index in [9.17, 15) is 9.59 Å². The Morgan fingerprint density at radius 3 is 2.60 bits per heavy atom. The molecule has 1 aromatic heterocycles. The number of carbonyl (C=O) groups excluding carboxylic acids is 1. The minimum absolute atomic E-state index is 0.0224. The molecular formula is C20H26N2O3. The van der Waals surface area contributed by atoms with Crippen LogP contribution in [0, 0.1) is 0 Å². The predicted molar refractivity (Wildman–Crippen MR) is 98.7 cm³/mol. The molecule has 0 aliphatic carbocycles. The number of benzene rings is 1. The number of nitrogens with one attached hydrogen (secondary N) is 1. The second-order valence-corrected chi connectivity index (χ2v) is 6.02. The number of hydrogen-bond acceptors (Lipinski definition) is 3. The molecule has 0 fully saturated rings. The van der Waals surface area contributed by atoms with E-state index in [4.69, 9.17) is 4.74 Å². The first-order chi connectivity index (χ1) is 12.1. The Morgan fingerprint density at radius 2 is 1.96 bits per heavy atom. The van der Waals surface area contributed by atoms with Crippen LogP contribution in [0.3, 0.4) is 0 Å². The quantitative estimate of drug-likeness (QED) is 0.761. The first-order valence-electron chi connectivity index (χ1n) is 8.72. The molecule has 0 saturated carbocycles. The summed E-state index contributed by atoms with van der Waals surface area (Å²) in [6.45, 7) is 2.52. The molecule has 0 aliphatic heterocycles. The molecule has 1 amide bonds. The summed E-state index contributed by atoms with van der Waals surface area (Å²) in [5.74, 6) is 0.750. The molecule has 0 saturated heterocycles. The Labute approximate surface area is 148 Å². The highest BCUT2D eigenvalue weighted by molar-refractivity contribution is 5.76. The lowest BCUT2D eigenvalue weighted by Crippen LogP contribution is -2.30. The number of pyridine rings is 1. The van der Waals surface area contributed by atoms with Crippen LogP contribution in [0.15, 0.2) is 53.5 Å². The van der Waals surface area contributed by atoms with Crippen LogP contribution in [0.4, 0.5) is 0 Å². The van der Waals surface area contributed by atoms with Crippen LogP contribution >= 0.6 is 0 Å². The van der Waals surface area contributed by atoms with Gasteiger partial charge in [0.25, 0.3) is 5.56 Å². The molecule has 1 N–H and O–H groups in total. The van der Waals surface area contributed by atoms with Gasteiger partial charge >= 0.3 is 0 Å². The van der Waals surface area contributed by atoms with Crippen LogP contribution < -0.4 is 15.6 Å². The molecule has 0 aliphatic rings. The van der Waals surface area contributed by atoms with Gasteiger partial charge in [0.1, 0.15) is 5.75 Å². The van der Waals surface area contributed by atoms with E-state index < -0.39 is 0 Å². The summed E-state index contributed by atoms with van der Waals surface area (Å²) in [5, 5.41) is 3.10. The molecule has 0 bridgehead atoms. The number of aryl methyl sites for hydroxylation is 1. The number of unbranched alkanes of at least 4 members (excludes halogenated alkanes) is 1. The van der Waals surface area contributed by atoms with Gasteiger partial charge in [-0.2, -0.15) is 0 Å².